The highest BCUT2D eigenvalue weighted by Crippen LogP contribution is 1.67. The summed E-state index contributed by atoms with van der Waals surface area (Å²) in [5.74, 6) is 0. The molecule has 0 aromatic carbocycles. The number of ether oxygens (including phenoxy) is 1. The minimum absolute atomic E-state index is 0.222. The van der Waals surface area contributed by atoms with E-state index in [1.54, 1.807) is 19.1 Å². The van der Waals surface area contributed by atoms with Gasteiger partial charge in [0.15, 0.2) is 0 Å². The molecule has 0 heterocycles. The van der Waals surface area contributed by atoms with E-state index in [1.807, 2.05) is 0 Å². The zero-order chi connectivity index (χ0) is 7.98. The largest absolute Gasteiger partial charge is 0.364 e. The maximum absolute atomic E-state index is 10.7. The van der Waals surface area contributed by atoms with Crippen molar-refractivity contribution in [1.29, 1.82) is 0 Å². The number of hydrogen-bond donors (Lipinski definition) is 2. The first-order valence-corrected chi connectivity index (χ1v) is 2.87. The summed E-state index contributed by atoms with van der Waals surface area (Å²) >= 11 is 0. The molecule has 0 rings (SSSR count). The van der Waals surface area contributed by atoms with Crippen LogP contribution in [0.4, 0.5) is 4.79 Å². The molecule has 2 amide bonds. The number of carbonyl (C=O) groups excluding carboxylic acids is 1. The van der Waals surface area contributed by atoms with Gasteiger partial charge in [0.25, 0.3) is 0 Å². The molecule has 0 aliphatic carbocycles. The van der Waals surface area contributed by atoms with E-state index in [4.69, 9.17) is 0 Å². The molecular formula is C5H13N3O2. The minimum Gasteiger partial charge on any atom is -0.364 e. The van der Waals surface area contributed by atoms with Gasteiger partial charge in [-0.15, -0.1) is 0 Å². The monoisotopic (exact) mass is 147 g/mol. The number of amides is 2. The second kappa shape index (κ2) is 5.01. The molecule has 0 aliphatic rings. The van der Waals surface area contributed by atoms with Crippen molar-refractivity contribution in [2.24, 2.45) is 0 Å². The highest BCUT2D eigenvalue weighted by molar-refractivity contribution is 5.72. The Balaban J connectivity index is 3.26. The molecule has 5 heteroatoms. The van der Waals surface area contributed by atoms with Gasteiger partial charge in [0.2, 0.25) is 0 Å². The van der Waals surface area contributed by atoms with Gasteiger partial charge in [-0.2, -0.15) is 0 Å². The Morgan fingerprint density at radius 2 is 2.20 bits per heavy atom. The van der Waals surface area contributed by atoms with E-state index in [0.717, 1.165) is 0 Å². The summed E-state index contributed by atoms with van der Waals surface area (Å²) < 4.78 is 4.60. The second-order valence-corrected chi connectivity index (χ2v) is 1.95. The molecule has 0 radical (unpaired) electrons. The number of methoxy groups -OCH3 is 1. The van der Waals surface area contributed by atoms with Crippen LogP contribution in [0, 0.1) is 0 Å². The highest BCUT2D eigenvalue weighted by atomic mass is 16.5. The van der Waals surface area contributed by atoms with Crippen molar-refractivity contribution in [3.8, 4) is 0 Å². The average Bonchev–Trinajstić information content (AvgIpc) is 1.82. The molecule has 10 heavy (non-hydrogen) atoms. The van der Waals surface area contributed by atoms with Gasteiger partial charge in [-0.1, -0.05) is 0 Å². The Morgan fingerprint density at radius 1 is 1.60 bits per heavy atom. The van der Waals surface area contributed by atoms with E-state index >= 15 is 0 Å². The molecule has 0 bridgehead atoms. The first-order chi connectivity index (χ1) is 4.66. The smallest absolute Gasteiger partial charge is 0.331 e. The fraction of sp³-hybridized carbons (Fsp3) is 0.800. The fourth-order valence-electron chi connectivity index (χ4n) is 0.380. The summed E-state index contributed by atoms with van der Waals surface area (Å²) in [6.07, 6.45) is 0. The zero-order valence-electron chi connectivity index (χ0n) is 6.47. The van der Waals surface area contributed by atoms with Gasteiger partial charge in [-0.05, 0) is 0 Å². The third-order valence-electron chi connectivity index (χ3n) is 0.702. The molecule has 60 valence electrons. The first-order valence-electron chi connectivity index (χ1n) is 2.87. The molecule has 0 aromatic heterocycles. The van der Waals surface area contributed by atoms with Crippen LogP contribution >= 0.6 is 0 Å². The number of urea groups is 1. The van der Waals surface area contributed by atoms with Crippen LogP contribution in [0.2, 0.25) is 0 Å². The Bertz CT molecular complexity index is 105. The van der Waals surface area contributed by atoms with Gasteiger partial charge >= 0.3 is 6.03 Å². The van der Waals surface area contributed by atoms with Crippen LogP contribution in [0.25, 0.3) is 0 Å². The third kappa shape index (κ3) is 5.33. The normalized spacial score (nSPS) is 9.60. The van der Waals surface area contributed by atoms with E-state index < -0.39 is 0 Å². The molecule has 5 nitrogen and oxygen atoms in total. The molecule has 0 aromatic rings. The van der Waals surface area contributed by atoms with Crippen LogP contribution in [-0.4, -0.2) is 39.0 Å². The average molecular weight is 147 g/mol. The summed E-state index contributed by atoms with van der Waals surface area (Å²) in [5, 5.41) is 4.00. The summed E-state index contributed by atoms with van der Waals surface area (Å²) in [7, 11) is 4.97. The maximum atomic E-state index is 10.7. The molecule has 0 atom stereocenters. The molecular weight excluding hydrogens is 134 g/mol. The van der Waals surface area contributed by atoms with Crippen molar-refractivity contribution in [2.75, 3.05) is 27.9 Å². The summed E-state index contributed by atoms with van der Waals surface area (Å²) in [4.78, 5) is 10.7. The van der Waals surface area contributed by atoms with Crippen molar-refractivity contribution in [2.45, 2.75) is 0 Å². The van der Waals surface area contributed by atoms with Gasteiger partial charge in [-0.25, -0.2) is 9.80 Å². The van der Waals surface area contributed by atoms with Crippen molar-refractivity contribution in [1.82, 2.24) is 15.8 Å². The number of rotatable bonds is 3. The Labute approximate surface area is 60.3 Å². The topological polar surface area (TPSA) is 53.6 Å². The summed E-state index contributed by atoms with van der Waals surface area (Å²) in [6, 6.07) is -0.271. The van der Waals surface area contributed by atoms with Gasteiger partial charge in [-0.3, -0.25) is 5.43 Å². The molecule has 0 spiro atoms. The van der Waals surface area contributed by atoms with E-state index in [-0.39, 0.29) is 12.8 Å². The van der Waals surface area contributed by atoms with Gasteiger partial charge in [0.1, 0.15) is 6.73 Å². The lowest BCUT2D eigenvalue weighted by atomic mass is 10.9. The van der Waals surface area contributed by atoms with Gasteiger partial charge in [0, 0.05) is 21.2 Å². The molecule has 2 N–H and O–H groups in total. The predicted molar refractivity (Wildman–Crippen MR) is 37.2 cm³/mol. The lowest BCUT2D eigenvalue weighted by Crippen LogP contribution is -2.43. The Kier molecular flexibility index (Phi) is 4.61. The van der Waals surface area contributed by atoms with Crippen LogP contribution in [0.1, 0.15) is 0 Å². The quantitative estimate of drug-likeness (QED) is 0.412. The van der Waals surface area contributed by atoms with E-state index in [1.165, 1.54) is 7.11 Å². The van der Waals surface area contributed by atoms with Crippen LogP contribution in [0.3, 0.4) is 0 Å². The Morgan fingerprint density at radius 3 is 2.60 bits per heavy atom. The van der Waals surface area contributed by atoms with Crippen LogP contribution in [0.15, 0.2) is 0 Å². The van der Waals surface area contributed by atoms with E-state index in [0.29, 0.717) is 0 Å². The molecule has 0 saturated heterocycles. The number of hydrazine groups is 1. The van der Waals surface area contributed by atoms with E-state index in [9.17, 15) is 4.79 Å². The van der Waals surface area contributed by atoms with Crippen molar-refractivity contribution < 1.29 is 9.53 Å². The third-order valence-corrected chi connectivity index (χ3v) is 0.702. The number of carbonyl (C=O) groups is 1. The summed E-state index contributed by atoms with van der Waals surface area (Å²) in [5.41, 5.74) is 2.48. The summed E-state index contributed by atoms with van der Waals surface area (Å²) in [6.45, 7) is 0.222. The van der Waals surface area contributed by atoms with E-state index in [2.05, 4.69) is 15.5 Å². The molecule has 0 unspecified atom stereocenters. The van der Waals surface area contributed by atoms with Crippen LogP contribution < -0.4 is 10.7 Å². The molecule has 0 aliphatic heterocycles. The zero-order valence-corrected chi connectivity index (χ0v) is 6.47. The predicted octanol–water partition coefficient (Wildman–Crippen LogP) is -0.634. The SMILES string of the molecule is COCNC(=O)NN(C)C. The van der Waals surface area contributed by atoms with Gasteiger partial charge in [0.05, 0.1) is 0 Å². The molecule has 0 fully saturated rings. The minimum atomic E-state index is -0.271. The first kappa shape index (κ1) is 9.19. The lowest BCUT2D eigenvalue weighted by Gasteiger charge is -2.11. The second-order valence-electron chi connectivity index (χ2n) is 1.95. The van der Waals surface area contributed by atoms with Crippen molar-refractivity contribution in [3.63, 3.8) is 0 Å². The maximum Gasteiger partial charge on any atom is 0.331 e. The Hall–Kier alpha value is -0.810. The van der Waals surface area contributed by atoms with Gasteiger partial charge < -0.3 is 10.1 Å². The highest BCUT2D eigenvalue weighted by Gasteiger charge is 1.96. The lowest BCUT2D eigenvalue weighted by molar-refractivity contribution is 0.162. The number of hydrogen-bond acceptors (Lipinski definition) is 3. The number of nitrogens with one attached hydrogen (secondary N) is 2. The van der Waals surface area contributed by atoms with Crippen LogP contribution in [0.5, 0.6) is 0 Å². The van der Waals surface area contributed by atoms with Crippen LogP contribution in [-0.2, 0) is 4.74 Å². The molecule has 0 saturated carbocycles. The van der Waals surface area contributed by atoms with Crippen molar-refractivity contribution in [3.05, 3.63) is 0 Å². The number of nitrogens with zero attached hydrogens (tertiary/aromatic N) is 1. The fourth-order valence-corrected chi connectivity index (χ4v) is 0.380. The van der Waals surface area contributed by atoms with Crippen molar-refractivity contribution >= 4 is 6.03 Å². The standard InChI is InChI=1S/C5H13N3O2/c1-8(2)7-5(9)6-4-10-3/h4H2,1-3H3,(H2,6,7,9).